The van der Waals surface area contributed by atoms with E-state index in [-0.39, 0.29) is 0 Å². The second-order valence-electron chi connectivity index (χ2n) is 5.02. The molecular weight excluding hydrogens is 212 g/mol. The fraction of sp³-hybridized carbons (Fsp3) is 0.714. The standard InChI is InChI=1S/C14H24N2O/c1-3-5-13-10-16(14(4-2)8-15-13)9-12-6-7-17-11-12/h6-7,11,13-15H,3-5,8-10H2,1-2H3. The molecule has 0 bridgehead atoms. The van der Waals surface area contributed by atoms with Gasteiger partial charge in [0, 0.05) is 37.3 Å². The van der Waals surface area contributed by atoms with Crippen LogP contribution in [0.4, 0.5) is 0 Å². The second kappa shape index (κ2) is 6.22. The van der Waals surface area contributed by atoms with E-state index < -0.39 is 0 Å². The van der Waals surface area contributed by atoms with Gasteiger partial charge in [-0.3, -0.25) is 4.90 Å². The van der Waals surface area contributed by atoms with E-state index in [4.69, 9.17) is 4.42 Å². The molecule has 0 spiro atoms. The van der Waals surface area contributed by atoms with Crippen LogP contribution in [0, 0.1) is 0 Å². The molecule has 0 radical (unpaired) electrons. The first kappa shape index (κ1) is 12.7. The van der Waals surface area contributed by atoms with Gasteiger partial charge in [0.1, 0.15) is 0 Å². The molecule has 1 fully saturated rings. The summed E-state index contributed by atoms with van der Waals surface area (Å²) in [7, 11) is 0. The summed E-state index contributed by atoms with van der Waals surface area (Å²) in [6.45, 7) is 7.84. The molecule has 1 saturated heterocycles. The normalized spacial score (nSPS) is 26.2. The van der Waals surface area contributed by atoms with Gasteiger partial charge in [-0.25, -0.2) is 0 Å². The van der Waals surface area contributed by atoms with E-state index in [1.165, 1.54) is 24.8 Å². The largest absolute Gasteiger partial charge is 0.472 e. The lowest BCUT2D eigenvalue weighted by Crippen LogP contribution is -2.55. The highest BCUT2D eigenvalue weighted by Gasteiger charge is 2.26. The van der Waals surface area contributed by atoms with E-state index in [2.05, 4.69) is 30.1 Å². The fourth-order valence-electron chi connectivity index (χ4n) is 2.68. The Balaban J connectivity index is 1.94. The SMILES string of the molecule is CCCC1CN(Cc2ccoc2)C(CC)CN1. The van der Waals surface area contributed by atoms with Crippen LogP contribution in [-0.2, 0) is 6.54 Å². The van der Waals surface area contributed by atoms with E-state index >= 15 is 0 Å². The minimum Gasteiger partial charge on any atom is -0.472 e. The summed E-state index contributed by atoms with van der Waals surface area (Å²) < 4.78 is 5.16. The smallest absolute Gasteiger partial charge is 0.0947 e. The molecule has 3 nitrogen and oxygen atoms in total. The molecule has 1 N–H and O–H groups in total. The van der Waals surface area contributed by atoms with Crippen molar-refractivity contribution in [1.29, 1.82) is 0 Å². The van der Waals surface area contributed by atoms with Crippen LogP contribution in [0.3, 0.4) is 0 Å². The summed E-state index contributed by atoms with van der Waals surface area (Å²) in [4.78, 5) is 2.60. The van der Waals surface area contributed by atoms with Gasteiger partial charge in [0.15, 0.2) is 0 Å². The second-order valence-corrected chi connectivity index (χ2v) is 5.02. The van der Waals surface area contributed by atoms with Crippen LogP contribution in [0.25, 0.3) is 0 Å². The Bertz CT molecular complexity index is 310. The van der Waals surface area contributed by atoms with Crippen molar-refractivity contribution >= 4 is 0 Å². The van der Waals surface area contributed by atoms with Crippen molar-refractivity contribution in [1.82, 2.24) is 10.2 Å². The number of furan rings is 1. The van der Waals surface area contributed by atoms with Crippen LogP contribution in [0.2, 0.25) is 0 Å². The molecule has 1 aromatic rings. The Morgan fingerprint density at radius 3 is 3.00 bits per heavy atom. The van der Waals surface area contributed by atoms with Gasteiger partial charge in [-0.2, -0.15) is 0 Å². The van der Waals surface area contributed by atoms with Crippen molar-refractivity contribution in [2.24, 2.45) is 0 Å². The zero-order valence-electron chi connectivity index (χ0n) is 11.0. The van der Waals surface area contributed by atoms with Gasteiger partial charge in [-0.1, -0.05) is 20.3 Å². The third kappa shape index (κ3) is 3.33. The molecule has 2 heterocycles. The molecule has 2 rings (SSSR count). The van der Waals surface area contributed by atoms with Crippen LogP contribution >= 0.6 is 0 Å². The van der Waals surface area contributed by atoms with E-state index in [0.29, 0.717) is 12.1 Å². The number of hydrogen-bond acceptors (Lipinski definition) is 3. The van der Waals surface area contributed by atoms with Gasteiger partial charge >= 0.3 is 0 Å². The maximum Gasteiger partial charge on any atom is 0.0947 e. The van der Waals surface area contributed by atoms with E-state index in [9.17, 15) is 0 Å². The lowest BCUT2D eigenvalue weighted by Gasteiger charge is -2.40. The highest BCUT2D eigenvalue weighted by atomic mass is 16.3. The van der Waals surface area contributed by atoms with Gasteiger partial charge in [0.05, 0.1) is 12.5 Å². The third-order valence-electron chi connectivity index (χ3n) is 3.69. The molecule has 2 atom stereocenters. The summed E-state index contributed by atoms with van der Waals surface area (Å²) in [6, 6.07) is 3.40. The molecule has 0 aliphatic carbocycles. The molecule has 0 saturated carbocycles. The topological polar surface area (TPSA) is 28.4 Å². The first-order valence-electron chi connectivity index (χ1n) is 6.82. The Kier molecular flexibility index (Phi) is 4.63. The quantitative estimate of drug-likeness (QED) is 0.852. The van der Waals surface area contributed by atoms with Gasteiger partial charge in [-0.15, -0.1) is 0 Å². The van der Waals surface area contributed by atoms with Crippen LogP contribution < -0.4 is 5.32 Å². The fourth-order valence-corrected chi connectivity index (χ4v) is 2.68. The zero-order valence-corrected chi connectivity index (χ0v) is 11.0. The number of rotatable bonds is 5. The molecule has 96 valence electrons. The van der Waals surface area contributed by atoms with Gasteiger partial charge < -0.3 is 9.73 Å². The first-order valence-corrected chi connectivity index (χ1v) is 6.82. The third-order valence-corrected chi connectivity index (χ3v) is 3.69. The molecule has 1 aromatic heterocycles. The average molecular weight is 236 g/mol. The Hall–Kier alpha value is -0.800. The monoisotopic (exact) mass is 236 g/mol. The molecule has 17 heavy (non-hydrogen) atoms. The van der Waals surface area contributed by atoms with Crippen LogP contribution in [-0.4, -0.2) is 30.1 Å². The molecule has 1 aliphatic rings. The molecular formula is C14H24N2O. The maximum atomic E-state index is 5.16. The summed E-state index contributed by atoms with van der Waals surface area (Å²) in [5, 5.41) is 3.67. The number of hydrogen-bond donors (Lipinski definition) is 1. The number of nitrogens with zero attached hydrogens (tertiary/aromatic N) is 1. The van der Waals surface area contributed by atoms with E-state index in [1.54, 1.807) is 6.26 Å². The maximum absolute atomic E-state index is 5.16. The molecule has 0 aromatic carbocycles. The number of piperazine rings is 1. The van der Waals surface area contributed by atoms with Crippen molar-refractivity contribution in [3.05, 3.63) is 24.2 Å². The molecule has 3 heteroatoms. The Labute approximate surface area is 104 Å². The molecule has 0 amide bonds. The summed E-state index contributed by atoms with van der Waals surface area (Å²) in [6.07, 6.45) is 7.38. The van der Waals surface area contributed by atoms with Crippen molar-refractivity contribution < 1.29 is 4.42 Å². The molecule has 2 unspecified atom stereocenters. The highest BCUT2D eigenvalue weighted by molar-refractivity contribution is 5.06. The summed E-state index contributed by atoms with van der Waals surface area (Å²) in [5.74, 6) is 0. The van der Waals surface area contributed by atoms with Crippen molar-refractivity contribution in [3.8, 4) is 0 Å². The highest BCUT2D eigenvalue weighted by Crippen LogP contribution is 2.16. The Morgan fingerprint density at radius 1 is 1.47 bits per heavy atom. The first-order chi connectivity index (χ1) is 8.33. The molecule has 1 aliphatic heterocycles. The predicted octanol–water partition coefficient (Wildman–Crippen LogP) is 2.63. The zero-order chi connectivity index (χ0) is 12.1. The van der Waals surface area contributed by atoms with Crippen molar-refractivity contribution in [3.63, 3.8) is 0 Å². The van der Waals surface area contributed by atoms with Crippen LogP contribution in [0.5, 0.6) is 0 Å². The van der Waals surface area contributed by atoms with Gasteiger partial charge in [0.2, 0.25) is 0 Å². The van der Waals surface area contributed by atoms with E-state index in [1.807, 2.05) is 6.26 Å². The minimum atomic E-state index is 0.662. The van der Waals surface area contributed by atoms with Crippen molar-refractivity contribution in [2.75, 3.05) is 13.1 Å². The van der Waals surface area contributed by atoms with Crippen LogP contribution in [0.15, 0.2) is 23.0 Å². The summed E-state index contributed by atoms with van der Waals surface area (Å²) >= 11 is 0. The van der Waals surface area contributed by atoms with E-state index in [0.717, 1.165) is 19.6 Å². The average Bonchev–Trinajstić information content (AvgIpc) is 2.83. The van der Waals surface area contributed by atoms with Gasteiger partial charge in [0.25, 0.3) is 0 Å². The predicted molar refractivity (Wildman–Crippen MR) is 69.9 cm³/mol. The lowest BCUT2D eigenvalue weighted by atomic mass is 10.0. The van der Waals surface area contributed by atoms with Crippen molar-refractivity contribution in [2.45, 2.75) is 51.7 Å². The number of nitrogens with one attached hydrogen (secondary N) is 1. The summed E-state index contributed by atoms with van der Waals surface area (Å²) in [5.41, 5.74) is 1.29. The van der Waals surface area contributed by atoms with Crippen LogP contribution in [0.1, 0.15) is 38.7 Å². The lowest BCUT2D eigenvalue weighted by molar-refractivity contribution is 0.115. The van der Waals surface area contributed by atoms with Gasteiger partial charge in [-0.05, 0) is 18.9 Å². The minimum absolute atomic E-state index is 0.662. The Morgan fingerprint density at radius 2 is 2.35 bits per heavy atom.